The monoisotopic (exact) mass is 254 g/mol. The van der Waals surface area contributed by atoms with Crippen LogP contribution in [0.5, 0.6) is 0 Å². The van der Waals surface area contributed by atoms with E-state index in [1.54, 1.807) is 11.2 Å². The molecule has 17 heavy (non-hydrogen) atoms. The van der Waals surface area contributed by atoms with Gasteiger partial charge in [-0.15, -0.1) is 0 Å². The molecule has 0 bridgehead atoms. The average Bonchev–Trinajstić information content (AvgIpc) is 2.77. The second kappa shape index (κ2) is 7.06. The summed E-state index contributed by atoms with van der Waals surface area (Å²) in [5, 5.41) is 0. The van der Waals surface area contributed by atoms with Gasteiger partial charge in [0.1, 0.15) is 5.76 Å². The van der Waals surface area contributed by atoms with Crippen LogP contribution in [0, 0.1) is 0 Å². The number of nitrogens with zero attached hydrogens (tertiary/aromatic N) is 1. The van der Waals surface area contributed by atoms with Crippen molar-refractivity contribution in [2.24, 2.45) is 5.73 Å². The first-order chi connectivity index (χ1) is 8.13. The molecule has 0 unspecified atom stereocenters. The van der Waals surface area contributed by atoms with Crippen LogP contribution in [0.15, 0.2) is 22.8 Å². The molecule has 5 heteroatoms. The summed E-state index contributed by atoms with van der Waals surface area (Å²) in [7, 11) is 0. The lowest BCUT2D eigenvalue weighted by molar-refractivity contribution is -0.130. The molecule has 0 spiro atoms. The van der Waals surface area contributed by atoms with Gasteiger partial charge in [0.15, 0.2) is 0 Å². The lowest BCUT2D eigenvalue weighted by Crippen LogP contribution is -2.38. The van der Waals surface area contributed by atoms with Crippen LogP contribution in [0.4, 0.5) is 0 Å². The zero-order valence-corrected chi connectivity index (χ0v) is 10.8. The SMILES string of the molecule is CCCN(CC(N)=S)C(=O)CCc1ccco1. The summed E-state index contributed by atoms with van der Waals surface area (Å²) < 4.78 is 5.18. The molecule has 0 aliphatic rings. The van der Waals surface area contributed by atoms with Crippen molar-refractivity contribution in [2.45, 2.75) is 26.2 Å². The van der Waals surface area contributed by atoms with Gasteiger partial charge in [-0.2, -0.15) is 0 Å². The van der Waals surface area contributed by atoms with E-state index in [2.05, 4.69) is 0 Å². The van der Waals surface area contributed by atoms with Gasteiger partial charge in [-0.05, 0) is 18.6 Å². The first-order valence-corrected chi connectivity index (χ1v) is 6.12. The Morgan fingerprint density at radius 2 is 2.35 bits per heavy atom. The second-order valence-electron chi connectivity index (χ2n) is 3.86. The fourth-order valence-corrected chi connectivity index (χ4v) is 1.75. The summed E-state index contributed by atoms with van der Waals surface area (Å²) >= 11 is 4.83. The highest BCUT2D eigenvalue weighted by Crippen LogP contribution is 2.06. The van der Waals surface area contributed by atoms with Crippen molar-refractivity contribution in [3.63, 3.8) is 0 Å². The fraction of sp³-hybridized carbons (Fsp3) is 0.500. The van der Waals surface area contributed by atoms with Crippen LogP contribution in [0.1, 0.15) is 25.5 Å². The number of thiocarbonyl (C=S) groups is 1. The Morgan fingerprint density at radius 3 is 2.88 bits per heavy atom. The van der Waals surface area contributed by atoms with Gasteiger partial charge in [0, 0.05) is 19.4 Å². The summed E-state index contributed by atoms with van der Waals surface area (Å²) in [5.41, 5.74) is 5.47. The maximum absolute atomic E-state index is 11.9. The molecule has 0 fully saturated rings. The molecule has 94 valence electrons. The van der Waals surface area contributed by atoms with Crippen molar-refractivity contribution in [2.75, 3.05) is 13.1 Å². The van der Waals surface area contributed by atoms with Crippen LogP contribution in [0.25, 0.3) is 0 Å². The second-order valence-corrected chi connectivity index (χ2v) is 4.39. The number of aryl methyl sites for hydroxylation is 1. The van der Waals surface area contributed by atoms with Gasteiger partial charge < -0.3 is 15.1 Å². The van der Waals surface area contributed by atoms with Crippen LogP contribution in [0.2, 0.25) is 0 Å². The van der Waals surface area contributed by atoms with Gasteiger partial charge in [0.2, 0.25) is 5.91 Å². The molecule has 1 aromatic rings. The van der Waals surface area contributed by atoms with Crippen LogP contribution in [-0.2, 0) is 11.2 Å². The van der Waals surface area contributed by atoms with E-state index in [4.69, 9.17) is 22.4 Å². The summed E-state index contributed by atoms with van der Waals surface area (Å²) in [4.78, 5) is 14.0. The minimum atomic E-state index is 0.0658. The first kappa shape index (κ1) is 13.7. The van der Waals surface area contributed by atoms with E-state index in [0.717, 1.165) is 12.2 Å². The van der Waals surface area contributed by atoms with E-state index >= 15 is 0 Å². The first-order valence-electron chi connectivity index (χ1n) is 5.72. The van der Waals surface area contributed by atoms with E-state index in [-0.39, 0.29) is 5.91 Å². The quantitative estimate of drug-likeness (QED) is 0.753. The van der Waals surface area contributed by atoms with Gasteiger partial charge in [0.25, 0.3) is 0 Å². The molecule has 1 heterocycles. The topological polar surface area (TPSA) is 59.5 Å². The van der Waals surface area contributed by atoms with Gasteiger partial charge in [-0.25, -0.2) is 0 Å². The molecule has 1 aromatic heterocycles. The lowest BCUT2D eigenvalue weighted by atomic mass is 10.2. The number of hydrogen-bond donors (Lipinski definition) is 1. The van der Waals surface area contributed by atoms with Crippen LogP contribution in [0.3, 0.4) is 0 Å². The van der Waals surface area contributed by atoms with Gasteiger partial charge in [0.05, 0.1) is 17.8 Å². The summed E-state index contributed by atoms with van der Waals surface area (Å²) in [5.74, 6) is 0.890. The highest BCUT2D eigenvalue weighted by molar-refractivity contribution is 7.80. The largest absolute Gasteiger partial charge is 0.469 e. The van der Waals surface area contributed by atoms with Crippen molar-refractivity contribution in [1.29, 1.82) is 0 Å². The standard InChI is InChI=1S/C12H18N2O2S/c1-2-7-14(9-11(13)17)12(15)6-5-10-4-3-8-16-10/h3-4,8H,2,5-7,9H2,1H3,(H2,13,17). The molecule has 0 aliphatic carbocycles. The minimum Gasteiger partial charge on any atom is -0.469 e. The molecular formula is C12H18N2O2S. The molecule has 0 aromatic carbocycles. The molecular weight excluding hydrogens is 236 g/mol. The number of rotatable bonds is 7. The fourth-order valence-electron chi connectivity index (χ4n) is 1.59. The van der Waals surface area contributed by atoms with Crippen molar-refractivity contribution in [3.8, 4) is 0 Å². The molecule has 1 amide bonds. The molecule has 0 saturated carbocycles. The molecule has 0 aliphatic heterocycles. The molecule has 2 N–H and O–H groups in total. The summed E-state index contributed by atoms with van der Waals surface area (Å²) in [6.07, 6.45) is 3.55. The number of hydrogen-bond acceptors (Lipinski definition) is 3. The van der Waals surface area contributed by atoms with Crippen molar-refractivity contribution >= 4 is 23.1 Å². The number of carbonyl (C=O) groups excluding carboxylic acids is 1. The summed E-state index contributed by atoms with van der Waals surface area (Å²) in [6.45, 7) is 3.07. The third-order valence-electron chi connectivity index (χ3n) is 2.36. The Labute approximate surface area is 107 Å². The Kier molecular flexibility index (Phi) is 5.69. The minimum absolute atomic E-state index is 0.0658. The number of amides is 1. The maximum Gasteiger partial charge on any atom is 0.223 e. The van der Waals surface area contributed by atoms with E-state index in [1.165, 1.54) is 0 Å². The smallest absolute Gasteiger partial charge is 0.223 e. The van der Waals surface area contributed by atoms with Crippen LogP contribution in [-0.4, -0.2) is 28.9 Å². The third-order valence-corrected chi connectivity index (χ3v) is 2.49. The highest BCUT2D eigenvalue weighted by Gasteiger charge is 2.13. The predicted molar refractivity (Wildman–Crippen MR) is 70.7 cm³/mol. The molecule has 4 nitrogen and oxygen atoms in total. The average molecular weight is 254 g/mol. The maximum atomic E-state index is 11.9. The van der Waals surface area contributed by atoms with E-state index < -0.39 is 0 Å². The Hall–Kier alpha value is -1.36. The molecule has 0 saturated heterocycles. The van der Waals surface area contributed by atoms with E-state index in [1.807, 2.05) is 19.1 Å². The number of furan rings is 1. The molecule has 0 radical (unpaired) electrons. The zero-order chi connectivity index (χ0) is 12.7. The van der Waals surface area contributed by atoms with Crippen molar-refractivity contribution < 1.29 is 9.21 Å². The molecule has 0 atom stereocenters. The zero-order valence-electron chi connectivity index (χ0n) is 10.0. The number of nitrogens with two attached hydrogens (primary N) is 1. The van der Waals surface area contributed by atoms with Crippen LogP contribution < -0.4 is 5.73 Å². The Balaban J connectivity index is 2.44. The predicted octanol–water partition coefficient (Wildman–Crippen LogP) is 1.74. The summed E-state index contributed by atoms with van der Waals surface area (Å²) in [6, 6.07) is 3.68. The van der Waals surface area contributed by atoms with Crippen molar-refractivity contribution in [1.82, 2.24) is 4.90 Å². The van der Waals surface area contributed by atoms with Gasteiger partial charge in [-0.1, -0.05) is 19.1 Å². The van der Waals surface area contributed by atoms with Gasteiger partial charge >= 0.3 is 0 Å². The van der Waals surface area contributed by atoms with Crippen LogP contribution >= 0.6 is 12.2 Å². The highest BCUT2D eigenvalue weighted by atomic mass is 32.1. The Bertz CT molecular complexity index is 363. The van der Waals surface area contributed by atoms with E-state index in [0.29, 0.717) is 30.9 Å². The van der Waals surface area contributed by atoms with Gasteiger partial charge in [-0.3, -0.25) is 4.79 Å². The Morgan fingerprint density at radius 1 is 1.59 bits per heavy atom. The molecule has 1 rings (SSSR count). The third kappa shape index (κ3) is 4.99. The van der Waals surface area contributed by atoms with E-state index in [9.17, 15) is 4.79 Å². The number of carbonyl (C=O) groups is 1. The normalized spacial score (nSPS) is 10.2. The lowest BCUT2D eigenvalue weighted by Gasteiger charge is -2.21. The van der Waals surface area contributed by atoms with Crippen molar-refractivity contribution in [3.05, 3.63) is 24.2 Å².